The molecule has 0 saturated heterocycles. The first-order chi connectivity index (χ1) is 26.5. The Morgan fingerprint density at radius 2 is 1.51 bits per heavy atom. The largest absolute Gasteiger partial charge is 0 e. The van der Waals surface area contributed by atoms with Gasteiger partial charge in [-0.05, 0) is 42.8 Å². The molecule has 4 aromatic heterocycles. The third kappa shape index (κ3) is 7.60. The van der Waals surface area contributed by atoms with Gasteiger partial charge in [0, 0.05) is 42.4 Å². The average Bonchev–Trinajstić information content (AvgIpc) is 3.76. The quantitative estimate of drug-likeness (QED) is 0.123. The Morgan fingerprint density at radius 1 is 0.764 bits per heavy atom. The topological polar surface area (TPSA) is 56.7 Å². The van der Waals surface area contributed by atoms with Crippen molar-refractivity contribution < 1.29 is 25.9 Å². The molecule has 0 aliphatic rings. The third-order valence-electron chi connectivity index (χ3n) is 9.69. The number of benzene rings is 5. The van der Waals surface area contributed by atoms with Crippen molar-refractivity contribution in [2.75, 3.05) is 0 Å². The Morgan fingerprint density at radius 3 is 2.27 bits per heavy atom. The van der Waals surface area contributed by atoms with Crippen molar-refractivity contribution in [2.24, 2.45) is 0 Å². The molecule has 0 atom stereocenters. The standard InChI is InChI=1S/C31H20N3O.C17H22GeN.Ir/c1-20-18-19-24-23-13-9-14-25(29(23)35-31(24)32-20)30-33-26-15-6-8-17-28(26)34(30)27-16-7-5-12-22(27)21-10-3-2-4-11-21;1-13(2)15-11-17(14-9-7-6-8-10-14)19-12-16(15)18(3,4)5;/h2-13,15-19H,1H3;6-9,11-13H,1-5H3;/q2*-1;/i;13D;. The molecule has 0 N–H and O–H groups in total. The number of imidazole rings is 1. The van der Waals surface area contributed by atoms with Crippen LogP contribution in [0.5, 0.6) is 0 Å². The molecular formula is C48H42GeIrN4O-2. The Balaban J connectivity index is 0.000000197. The smallest absolute Gasteiger partial charge is 0 e. The van der Waals surface area contributed by atoms with Crippen LogP contribution < -0.4 is 4.40 Å². The monoisotopic (exact) mass is 958 g/mol. The van der Waals surface area contributed by atoms with E-state index in [0.29, 0.717) is 5.71 Å². The molecule has 0 fully saturated rings. The summed E-state index contributed by atoms with van der Waals surface area (Å²) in [5.41, 5.74) is 11.4. The normalized spacial score (nSPS) is 11.9. The van der Waals surface area contributed by atoms with Gasteiger partial charge in [0.1, 0.15) is 0 Å². The number of fused-ring (bicyclic) bond motifs is 4. The van der Waals surface area contributed by atoms with Crippen molar-refractivity contribution >= 4 is 50.8 Å². The van der Waals surface area contributed by atoms with E-state index in [-0.39, 0.29) is 20.1 Å². The summed E-state index contributed by atoms with van der Waals surface area (Å²) in [6, 6.07) is 51.8. The molecule has 0 spiro atoms. The minimum Gasteiger partial charge on any atom is 0 e. The summed E-state index contributed by atoms with van der Waals surface area (Å²) in [5, 5.41) is 2.00. The first kappa shape index (κ1) is 36.8. The fraction of sp³-hybridized carbons (Fsp3) is 0.146. The van der Waals surface area contributed by atoms with Crippen molar-refractivity contribution in [2.45, 2.75) is 43.9 Å². The number of nitrogens with zero attached hydrogens (tertiary/aromatic N) is 4. The zero-order valence-electron chi connectivity index (χ0n) is 32.8. The van der Waals surface area contributed by atoms with Gasteiger partial charge >= 0.3 is 120 Å². The average molecular weight is 957 g/mol. The van der Waals surface area contributed by atoms with Crippen LogP contribution in [0.4, 0.5) is 0 Å². The van der Waals surface area contributed by atoms with Gasteiger partial charge < -0.3 is 8.98 Å². The molecule has 0 amide bonds. The number of para-hydroxylation sites is 3. The van der Waals surface area contributed by atoms with Crippen LogP contribution in [0.2, 0.25) is 17.3 Å². The summed E-state index contributed by atoms with van der Waals surface area (Å²) in [4.78, 5) is 14.3. The van der Waals surface area contributed by atoms with Gasteiger partial charge in [-0.25, -0.2) is 4.98 Å². The zero-order valence-corrected chi connectivity index (χ0v) is 36.3. The molecule has 0 unspecified atom stereocenters. The van der Waals surface area contributed by atoms with Crippen molar-refractivity contribution in [1.29, 1.82) is 0 Å². The number of furan rings is 1. The molecule has 4 heterocycles. The first-order valence-corrected chi connectivity index (χ1v) is 25.6. The van der Waals surface area contributed by atoms with E-state index in [9.17, 15) is 0 Å². The Labute approximate surface area is 340 Å². The number of rotatable bonds is 6. The van der Waals surface area contributed by atoms with Crippen molar-refractivity contribution in [3.05, 3.63) is 163 Å². The maximum Gasteiger partial charge on any atom is 0 e. The summed E-state index contributed by atoms with van der Waals surface area (Å²) in [5.74, 6) is 7.23. The maximum absolute atomic E-state index is 8.44. The molecule has 55 heavy (non-hydrogen) atoms. The van der Waals surface area contributed by atoms with Gasteiger partial charge in [0.2, 0.25) is 5.71 Å². The van der Waals surface area contributed by atoms with Crippen LogP contribution >= 0.6 is 0 Å². The van der Waals surface area contributed by atoms with Crippen LogP contribution in [0, 0.1) is 19.1 Å². The Hall–Kier alpha value is -5.14. The number of pyridine rings is 2. The van der Waals surface area contributed by atoms with Crippen LogP contribution in [-0.4, -0.2) is 32.8 Å². The van der Waals surface area contributed by atoms with E-state index in [1.807, 2.05) is 93.7 Å². The molecule has 275 valence electrons. The SMILES string of the molecule is Cc1ccc2c(n1)oc1c(-c3nc4ccccc4n3-c3ccccc3-c3ccccc3)[c-]ccc12.[2H]C(C)(C)c1cc(-c2[c-]cccc2)nc[c]1[Ge]([CH3])([CH3])[CH3].[Ir]. The molecule has 9 rings (SSSR count). The predicted molar refractivity (Wildman–Crippen MR) is 226 cm³/mol. The summed E-state index contributed by atoms with van der Waals surface area (Å²) < 4.78 is 18.3. The predicted octanol–water partition coefficient (Wildman–Crippen LogP) is 12.0. The van der Waals surface area contributed by atoms with Gasteiger partial charge in [-0.1, -0.05) is 71.6 Å². The van der Waals surface area contributed by atoms with E-state index in [4.69, 9.17) is 10.8 Å². The van der Waals surface area contributed by atoms with Gasteiger partial charge in [0.15, 0.2) is 0 Å². The Bertz CT molecular complexity index is 2800. The summed E-state index contributed by atoms with van der Waals surface area (Å²) in [6.45, 7) is 5.89. The molecule has 0 aliphatic carbocycles. The maximum atomic E-state index is 8.44. The number of aromatic nitrogens is 4. The van der Waals surface area contributed by atoms with E-state index < -0.39 is 19.2 Å². The van der Waals surface area contributed by atoms with E-state index in [1.54, 1.807) is 0 Å². The molecule has 5 nitrogen and oxygen atoms in total. The molecule has 1 radical (unpaired) electrons. The molecule has 0 saturated carbocycles. The van der Waals surface area contributed by atoms with E-state index in [2.05, 4.69) is 111 Å². The van der Waals surface area contributed by atoms with Gasteiger partial charge in [0.05, 0.1) is 22.4 Å². The second-order valence-corrected chi connectivity index (χ2v) is 25.4. The molecule has 0 aliphatic heterocycles. The molecular weight excluding hydrogens is 913 g/mol. The van der Waals surface area contributed by atoms with Crippen LogP contribution in [0.1, 0.15) is 32.4 Å². The number of hydrogen-bond acceptors (Lipinski definition) is 4. The van der Waals surface area contributed by atoms with Crippen LogP contribution in [-0.2, 0) is 20.1 Å². The van der Waals surface area contributed by atoms with E-state index >= 15 is 0 Å². The van der Waals surface area contributed by atoms with Crippen LogP contribution in [0.3, 0.4) is 0 Å². The summed E-state index contributed by atoms with van der Waals surface area (Å²) in [6.07, 6.45) is 2.00. The van der Waals surface area contributed by atoms with Gasteiger partial charge in [0.25, 0.3) is 0 Å². The second-order valence-electron chi connectivity index (χ2n) is 14.8. The number of aryl methyl sites for hydroxylation is 1. The summed E-state index contributed by atoms with van der Waals surface area (Å²) >= 11 is -2.03. The van der Waals surface area contributed by atoms with Crippen molar-refractivity contribution in [3.63, 3.8) is 0 Å². The van der Waals surface area contributed by atoms with E-state index in [1.165, 1.54) is 4.40 Å². The van der Waals surface area contributed by atoms with Crippen molar-refractivity contribution in [1.82, 2.24) is 19.5 Å². The minimum atomic E-state index is -2.03. The minimum absolute atomic E-state index is 0. The number of hydrogen-bond donors (Lipinski definition) is 0. The van der Waals surface area contributed by atoms with Gasteiger partial charge in [-0.2, -0.15) is 0 Å². The molecule has 9 aromatic rings. The molecule has 7 heteroatoms. The molecule has 5 aromatic carbocycles. The van der Waals surface area contributed by atoms with Gasteiger partial charge in [-0.3, -0.25) is 4.98 Å². The second kappa shape index (κ2) is 15.9. The van der Waals surface area contributed by atoms with Crippen molar-refractivity contribution in [3.8, 4) is 39.5 Å². The van der Waals surface area contributed by atoms with Crippen LogP contribution in [0.25, 0.3) is 72.6 Å². The zero-order chi connectivity index (χ0) is 38.3. The fourth-order valence-electron chi connectivity index (χ4n) is 7.02. The van der Waals surface area contributed by atoms with Crippen LogP contribution in [0.15, 0.2) is 144 Å². The first-order valence-electron chi connectivity index (χ1n) is 18.8. The fourth-order valence-corrected chi connectivity index (χ4v) is 10.3. The summed E-state index contributed by atoms with van der Waals surface area (Å²) in [7, 11) is 0. The van der Waals surface area contributed by atoms with Gasteiger partial charge in [-0.15, -0.1) is 18.2 Å². The molecule has 0 bridgehead atoms. The van der Waals surface area contributed by atoms with E-state index in [0.717, 1.165) is 78.1 Å². The third-order valence-corrected chi connectivity index (χ3v) is 13.9. The Kier molecular flexibility index (Phi) is 10.7.